The lowest BCUT2D eigenvalue weighted by atomic mass is 9.53. The van der Waals surface area contributed by atoms with Crippen LogP contribution in [0.4, 0.5) is 11.4 Å². The van der Waals surface area contributed by atoms with Crippen molar-refractivity contribution in [1.82, 2.24) is 10.3 Å². The first-order chi connectivity index (χ1) is 15.9. The number of hydrogen-bond donors (Lipinski definition) is 2. The van der Waals surface area contributed by atoms with Gasteiger partial charge in [-0.1, -0.05) is 12.1 Å². The van der Waals surface area contributed by atoms with Gasteiger partial charge in [0.15, 0.2) is 0 Å². The molecule has 0 atom stereocenters. The van der Waals surface area contributed by atoms with Crippen molar-refractivity contribution in [3.8, 4) is 0 Å². The van der Waals surface area contributed by atoms with Crippen LogP contribution in [0.2, 0.25) is 0 Å². The Morgan fingerprint density at radius 3 is 2.42 bits per heavy atom. The molecule has 2 N–H and O–H groups in total. The molecule has 1 aromatic heterocycles. The SMILES string of the molecule is O=C(CSc1ccccc1C(=O)Nc1ccncc1[N+](=O)[O-])NC12CC3CC(CC(C3)C1)C2. The zero-order valence-electron chi connectivity index (χ0n) is 18.2. The third kappa shape index (κ3) is 4.59. The lowest BCUT2D eigenvalue weighted by Crippen LogP contribution is -2.60. The molecule has 33 heavy (non-hydrogen) atoms. The maximum atomic E-state index is 12.9. The minimum Gasteiger partial charge on any atom is -0.350 e. The van der Waals surface area contributed by atoms with Crippen molar-refractivity contribution in [1.29, 1.82) is 0 Å². The molecule has 0 saturated heterocycles. The van der Waals surface area contributed by atoms with Gasteiger partial charge >= 0.3 is 5.69 Å². The molecule has 2 aromatic rings. The highest BCUT2D eigenvalue weighted by atomic mass is 32.2. The van der Waals surface area contributed by atoms with Gasteiger partial charge in [-0.25, -0.2) is 0 Å². The highest BCUT2D eigenvalue weighted by Gasteiger charge is 2.51. The summed E-state index contributed by atoms with van der Waals surface area (Å²) in [5, 5.41) is 17.2. The predicted octanol–water partition coefficient (Wildman–Crippen LogP) is 4.42. The van der Waals surface area contributed by atoms with E-state index in [4.69, 9.17) is 0 Å². The van der Waals surface area contributed by atoms with E-state index in [0.29, 0.717) is 10.5 Å². The number of nitro groups is 1. The molecular formula is C24H26N4O4S. The lowest BCUT2D eigenvalue weighted by Gasteiger charge is -2.56. The standard InChI is InChI=1S/C24H26N4O4S/c29-22(27-24-10-15-7-16(11-24)9-17(8-15)12-24)14-33-21-4-2-1-3-18(21)23(30)26-19-5-6-25-13-20(19)28(31)32/h1-6,13,15-17H,7-12,14H2,(H,27,29)(H,25,26,30). The van der Waals surface area contributed by atoms with Crippen molar-refractivity contribution < 1.29 is 14.5 Å². The number of nitrogens with zero attached hydrogens (tertiary/aromatic N) is 2. The van der Waals surface area contributed by atoms with Gasteiger partial charge in [0, 0.05) is 16.6 Å². The van der Waals surface area contributed by atoms with E-state index in [2.05, 4.69) is 15.6 Å². The number of carbonyl (C=O) groups excluding carboxylic acids is 2. The van der Waals surface area contributed by atoms with Crippen LogP contribution in [0.25, 0.3) is 0 Å². The molecule has 8 nitrogen and oxygen atoms in total. The number of aromatic nitrogens is 1. The summed E-state index contributed by atoms with van der Waals surface area (Å²) in [6.07, 6.45) is 9.74. The smallest absolute Gasteiger partial charge is 0.310 e. The highest BCUT2D eigenvalue weighted by Crippen LogP contribution is 2.55. The minimum atomic E-state index is -0.585. The van der Waals surface area contributed by atoms with Crippen LogP contribution in [-0.4, -0.2) is 33.0 Å². The molecule has 0 aliphatic heterocycles. The van der Waals surface area contributed by atoms with Crippen molar-refractivity contribution in [3.63, 3.8) is 0 Å². The van der Waals surface area contributed by atoms with Crippen LogP contribution < -0.4 is 10.6 Å². The van der Waals surface area contributed by atoms with E-state index >= 15 is 0 Å². The van der Waals surface area contributed by atoms with Crippen molar-refractivity contribution in [3.05, 3.63) is 58.4 Å². The van der Waals surface area contributed by atoms with Gasteiger partial charge in [-0.2, -0.15) is 0 Å². The Hall–Kier alpha value is -2.94. The maximum Gasteiger partial charge on any atom is 0.310 e. The normalized spacial score (nSPS) is 27.2. The average molecular weight is 467 g/mol. The predicted molar refractivity (Wildman–Crippen MR) is 125 cm³/mol. The van der Waals surface area contributed by atoms with Gasteiger partial charge in [-0.05, 0) is 74.5 Å². The largest absolute Gasteiger partial charge is 0.350 e. The highest BCUT2D eigenvalue weighted by molar-refractivity contribution is 8.00. The van der Waals surface area contributed by atoms with E-state index in [1.807, 2.05) is 6.07 Å². The number of amides is 2. The molecule has 4 fully saturated rings. The topological polar surface area (TPSA) is 114 Å². The van der Waals surface area contributed by atoms with E-state index < -0.39 is 10.8 Å². The van der Waals surface area contributed by atoms with Crippen LogP contribution in [-0.2, 0) is 4.79 Å². The summed E-state index contributed by atoms with van der Waals surface area (Å²) in [6.45, 7) is 0. The molecule has 0 spiro atoms. The van der Waals surface area contributed by atoms with Gasteiger partial charge in [-0.3, -0.25) is 24.7 Å². The van der Waals surface area contributed by atoms with Gasteiger partial charge in [0.25, 0.3) is 5.91 Å². The van der Waals surface area contributed by atoms with E-state index in [-0.39, 0.29) is 28.6 Å². The summed E-state index contributed by atoms with van der Waals surface area (Å²) < 4.78 is 0. The first-order valence-electron chi connectivity index (χ1n) is 11.3. The Kier molecular flexibility index (Phi) is 5.82. The second kappa shape index (κ2) is 8.78. The fourth-order valence-corrected chi connectivity index (χ4v) is 7.20. The second-order valence-corrected chi connectivity index (χ2v) is 10.7. The number of pyridine rings is 1. The Morgan fingerprint density at radius 2 is 1.76 bits per heavy atom. The molecular weight excluding hydrogens is 440 g/mol. The zero-order valence-corrected chi connectivity index (χ0v) is 19.0. The molecule has 6 rings (SSSR count). The number of benzene rings is 1. The minimum absolute atomic E-state index is 0.00179. The third-order valence-corrected chi connectivity index (χ3v) is 8.25. The second-order valence-electron chi connectivity index (χ2n) is 9.63. The molecule has 4 aliphatic carbocycles. The quantitative estimate of drug-likeness (QED) is 0.355. The average Bonchev–Trinajstić information content (AvgIpc) is 2.77. The number of nitrogens with one attached hydrogen (secondary N) is 2. The van der Waals surface area contributed by atoms with Crippen LogP contribution in [0, 0.1) is 27.9 Å². The molecule has 2 amide bonds. The van der Waals surface area contributed by atoms with Crippen LogP contribution in [0.1, 0.15) is 48.9 Å². The molecule has 0 unspecified atom stereocenters. The number of hydrogen-bond acceptors (Lipinski definition) is 6. The van der Waals surface area contributed by atoms with Crippen LogP contribution in [0.5, 0.6) is 0 Å². The van der Waals surface area contributed by atoms with Crippen LogP contribution >= 0.6 is 11.8 Å². The monoisotopic (exact) mass is 466 g/mol. The number of carbonyl (C=O) groups is 2. The number of thioether (sulfide) groups is 1. The Balaban J connectivity index is 1.24. The summed E-state index contributed by atoms with van der Waals surface area (Å²) in [6, 6.07) is 8.38. The van der Waals surface area contributed by atoms with E-state index in [0.717, 1.165) is 43.2 Å². The zero-order chi connectivity index (χ0) is 23.0. The van der Waals surface area contributed by atoms with Crippen molar-refractivity contribution in [2.45, 2.75) is 49.0 Å². The third-order valence-electron chi connectivity index (χ3n) is 7.18. The van der Waals surface area contributed by atoms with E-state index in [1.54, 1.807) is 18.2 Å². The molecule has 172 valence electrons. The molecule has 4 bridgehead atoms. The van der Waals surface area contributed by atoms with Crippen LogP contribution in [0.3, 0.4) is 0 Å². The fourth-order valence-electron chi connectivity index (χ4n) is 6.35. The van der Waals surface area contributed by atoms with E-state index in [9.17, 15) is 19.7 Å². The molecule has 4 aliphatic rings. The van der Waals surface area contributed by atoms with E-state index in [1.165, 1.54) is 43.3 Å². The first kappa shape index (κ1) is 21.9. The van der Waals surface area contributed by atoms with Gasteiger partial charge < -0.3 is 10.6 Å². The van der Waals surface area contributed by atoms with Crippen molar-refractivity contribution in [2.75, 3.05) is 11.1 Å². The number of rotatable bonds is 7. The summed E-state index contributed by atoms with van der Waals surface area (Å²) in [5.74, 6) is 2.03. The summed E-state index contributed by atoms with van der Waals surface area (Å²) >= 11 is 1.31. The Labute approximate surface area is 196 Å². The van der Waals surface area contributed by atoms with Gasteiger partial charge in [0.05, 0.1) is 16.2 Å². The van der Waals surface area contributed by atoms with Gasteiger partial charge in [0.1, 0.15) is 11.9 Å². The van der Waals surface area contributed by atoms with Gasteiger partial charge in [0.2, 0.25) is 5.91 Å². The van der Waals surface area contributed by atoms with Gasteiger partial charge in [-0.15, -0.1) is 11.8 Å². The molecule has 0 radical (unpaired) electrons. The maximum absolute atomic E-state index is 12.9. The number of anilines is 1. The van der Waals surface area contributed by atoms with Crippen molar-refractivity contribution in [2.24, 2.45) is 17.8 Å². The molecule has 4 saturated carbocycles. The fraction of sp³-hybridized carbons (Fsp3) is 0.458. The lowest BCUT2D eigenvalue weighted by molar-refractivity contribution is -0.384. The summed E-state index contributed by atoms with van der Waals surface area (Å²) in [4.78, 5) is 40.8. The summed E-state index contributed by atoms with van der Waals surface area (Å²) in [5.41, 5.74) is 0.144. The first-order valence-corrected chi connectivity index (χ1v) is 12.3. The Bertz CT molecular complexity index is 1070. The van der Waals surface area contributed by atoms with Crippen molar-refractivity contribution >= 4 is 35.0 Å². The molecule has 9 heteroatoms. The molecule has 1 heterocycles. The molecule has 1 aromatic carbocycles. The summed E-state index contributed by atoms with van der Waals surface area (Å²) in [7, 11) is 0. The Morgan fingerprint density at radius 1 is 1.09 bits per heavy atom. The van der Waals surface area contributed by atoms with Crippen LogP contribution in [0.15, 0.2) is 47.6 Å².